The normalized spacial score (nSPS) is 27.8. The summed E-state index contributed by atoms with van der Waals surface area (Å²) in [6.07, 6.45) is 3.01. The zero-order valence-electron chi connectivity index (χ0n) is 12.9. The van der Waals surface area contributed by atoms with Crippen LogP contribution in [0.3, 0.4) is 0 Å². The number of hydrogen-bond donors (Lipinski definition) is 1. The lowest BCUT2D eigenvalue weighted by Crippen LogP contribution is -2.49. The summed E-state index contributed by atoms with van der Waals surface area (Å²) in [5.74, 6) is 0.634. The first kappa shape index (κ1) is 15.3. The van der Waals surface area contributed by atoms with Crippen LogP contribution in [0.1, 0.15) is 24.8 Å². The molecule has 1 aliphatic carbocycles. The maximum absolute atomic E-state index is 12.0. The van der Waals surface area contributed by atoms with Crippen molar-refractivity contribution in [1.29, 1.82) is 0 Å². The van der Waals surface area contributed by atoms with Crippen molar-refractivity contribution >= 4 is 5.91 Å². The molecule has 2 fully saturated rings. The fraction of sp³-hybridized carbons (Fsp3) is 0.588. The number of amides is 1. The van der Waals surface area contributed by atoms with Gasteiger partial charge < -0.3 is 19.5 Å². The minimum absolute atomic E-state index is 0.0466. The van der Waals surface area contributed by atoms with Crippen LogP contribution in [0.2, 0.25) is 0 Å². The predicted molar refractivity (Wildman–Crippen MR) is 81.9 cm³/mol. The van der Waals surface area contributed by atoms with Gasteiger partial charge in [-0.05, 0) is 38.3 Å². The van der Waals surface area contributed by atoms with E-state index in [1.54, 1.807) is 0 Å². The van der Waals surface area contributed by atoms with Gasteiger partial charge in [0, 0.05) is 6.04 Å². The third-order valence-corrected chi connectivity index (χ3v) is 4.23. The Hall–Kier alpha value is -1.59. The summed E-state index contributed by atoms with van der Waals surface area (Å²) in [5, 5.41) is 3.03. The van der Waals surface area contributed by atoms with Crippen LogP contribution in [0.5, 0.6) is 5.75 Å². The standard InChI is InChI=1S/C17H23NO4/c1-12-2-5-14(6-3-12)22-11-17(19)18-13-4-7-15-16(10-13)21-9-8-20-15/h2-3,5-6,13,15-16H,4,7-11H2,1H3,(H,18,19). The van der Waals surface area contributed by atoms with E-state index in [0.717, 1.165) is 19.3 Å². The van der Waals surface area contributed by atoms with Crippen molar-refractivity contribution < 1.29 is 19.0 Å². The molecule has 0 bridgehead atoms. The molecule has 1 saturated heterocycles. The molecule has 5 nitrogen and oxygen atoms in total. The summed E-state index contributed by atoms with van der Waals surface area (Å²) in [7, 11) is 0. The second-order valence-electron chi connectivity index (χ2n) is 6.00. The van der Waals surface area contributed by atoms with Crippen LogP contribution in [-0.2, 0) is 14.3 Å². The number of benzene rings is 1. The molecular weight excluding hydrogens is 282 g/mol. The van der Waals surface area contributed by atoms with E-state index in [9.17, 15) is 4.79 Å². The Morgan fingerprint density at radius 2 is 1.91 bits per heavy atom. The Morgan fingerprint density at radius 1 is 1.18 bits per heavy atom. The Morgan fingerprint density at radius 3 is 2.68 bits per heavy atom. The van der Waals surface area contributed by atoms with Gasteiger partial charge in [-0.15, -0.1) is 0 Å². The first-order valence-corrected chi connectivity index (χ1v) is 7.93. The lowest BCUT2D eigenvalue weighted by Gasteiger charge is -2.39. The summed E-state index contributed by atoms with van der Waals surface area (Å²) >= 11 is 0. The number of aryl methyl sites for hydroxylation is 1. The third-order valence-electron chi connectivity index (χ3n) is 4.23. The van der Waals surface area contributed by atoms with Gasteiger partial charge in [-0.3, -0.25) is 4.79 Å². The highest BCUT2D eigenvalue weighted by atomic mass is 16.6. The van der Waals surface area contributed by atoms with Crippen LogP contribution >= 0.6 is 0 Å². The van der Waals surface area contributed by atoms with E-state index in [1.807, 2.05) is 31.2 Å². The molecule has 1 heterocycles. The van der Waals surface area contributed by atoms with Gasteiger partial charge in [-0.2, -0.15) is 0 Å². The second-order valence-corrected chi connectivity index (χ2v) is 6.00. The fourth-order valence-corrected chi connectivity index (χ4v) is 3.05. The van der Waals surface area contributed by atoms with Crippen LogP contribution in [-0.4, -0.2) is 44.0 Å². The number of hydrogen-bond acceptors (Lipinski definition) is 4. The first-order chi connectivity index (χ1) is 10.7. The van der Waals surface area contributed by atoms with Crippen LogP contribution in [0, 0.1) is 6.92 Å². The zero-order valence-corrected chi connectivity index (χ0v) is 12.9. The molecule has 3 rings (SSSR count). The summed E-state index contributed by atoms with van der Waals surface area (Å²) in [6, 6.07) is 7.84. The monoisotopic (exact) mass is 305 g/mol. The molecule has 5 heteroatoms. The Balaban J connectivity index is 1.42. The number of fused-ring (bicyclic) bond motifs is 1. The van der Waals surface area contributed by atoms with Crippen molar-refractivity contribution in [2.45, 2.75) is 44.4 Å². The van der Waals surface area contributed by atoms with Gasteiger partial charge in [-0.1, -0.05) is 17.7 Å². The highest BCUT2D eigenvalue weighted by Gasteiger charge is 2.34. The maximum Gasteiger partial charge on any atom is 0.258 e. The molecule has 0 spiro atoms. The number of rotatable bonds is 4. The lowest BCUT2D eigenvalue weighted by atomic mass is 9.89. The van der Waals surface area contributed by atoms with E-state index in [0.29, 0.717) is 19.0 Å². The van der Waals surface area contributed by atoms with Crippen molar-refractivity contribution in [3.8, 4) is 5.75 Å². The van der Waals surface area contributed by atoms with E-state index in [4.69, 9.17) is 14.2 Å². The topological polar surface area (TPSA) is 56.8 Å². The SMILES string of the molecule is Cc1ccc(OCC(=O)NC2CCC3OCCOC3C2)cc1. The quantitative estimate of drug-likeness (QED) is 0.922. The van der Waals surface area contributed by atoms with Gasteiger partial charge in [0.1, 0.15) is 5.75 Å². The molecule has 1 amide bonds. The molecule has 0 radical (unpaired) electrons. The van der Waals surface area contributed by atoms with Crippen molar-refractivity contribution in [3.63, 3.8) is 0 Å². The zero-order chi connectivity index (χ0) is 15.4. The van der Waals surface area contributed by atoms with Crippen molar-refractivity contribution in [2.75, 3.05) is 19.8 Å². The molecular formula is C17H23NO4. The van der Waals surface area contributed by atoms with Gasteiger partial charge in [-0.25, -0.2) is 0 Å². The van der Waals surface area contributed by atoms with Crippen LogP contribution in [0.15, 0.2) is 24.3 Å². The molecule has 1 aromatic carbocycles. The average Bonchev–Trinajstić information content (AvgIpc) is 2.54. The Bertz CT molecular complexity index is 502. The molecule has 0 aromatic heterocycles. The summed E-state index contributed by atoms with van der Waals surface area (Å²) in [6.45, 7) is 3.40. The fourth-order valence-electron chi connectivity index (χ4n) is 3.05. The first-order valence-electron chi connectivity index (χ1n) is 7.93. The molecule has 120 valence electrons. The summed E-state index contributed by atoms with van der Waals surface area (Å²) in [5.41, 5.74) is 1.17. The minimum Gasteiger partial charge on any atom is -0.484 e. The Labute approximate surface area is 130 Å². The lowest BCUT2D eigenvalue weighted by molar-refractivity contribution is -0.158. The van der Waals surface area contributed by atoms with Gasteiger partial charge >= 0.3 is 0 Å². The number of ether oxygens (including phenoxy) is 3. The average molecular weight is 305 g/mol. The Kier molecular flexibility index (Phi) is 4.95. The van der Waals surface area contributed by atoms with Crippen molar-refractivity contribution in [3.05, 3.63) is 29.8 Å². The van der Waals surface area contributed by atoms with Crippen LogP contribution < -0.4 is 10.1 Å². The van der Waals surface area contributed by atoms with E-state index < -0.39 is 0 Å². The van der Waals surface area contributed by atoms with Crippen LogP contribution in [0.4, 0.5) is 0 Å². The highest BCUT2D eigenvalue weighted by molar-refractivity contribution is 5.77. The summed E-state index contributed by atoms with van der Waals surface area (Å²) in [4.78, 5) is 12.0. The van der Waals surface area contributed by atoms with Crippen LogP contribution in [0.25, 0.3) is 0 Å². The number of carbonyl (C=O) groups excluding carboxylic acids is 1. The molecule has 1 saturated carbocycles. The van der Waals surface area contributed by atoms with E-state index in [2.05, 4.69) is 5.32 Å². The van der Waals surface area contributed by atoms with Gasteiger partial charge in [0.05, 0.1) is 25.4 Å². The molecule has 2 aliphatic rings. The van der Waals surface area contributed by atoms with Crippen molar-refractivity contribution in [2.24, 2.45) is 0 Å². The maximum atomic E-state index is 12.0. The molecule has 22 heavy (non-hydrogen) atoms. The second kappa shape index (κ2) is 7.11. The molecule has 3 atom stereocenters. The van der Waals surface area contributed by atoms with Gasteiger partial charge in [0.2, 0.25) is 0 Å². The van der Waals surface area contributed by atoms with E-state index in [-0.39, 0.29) is 30.8 Å². The number of carbonyl (C=O) groups is 1. The van der Waals surface area contributed by atoms with Crippen molar-refractivity contribution in [1.82, 2.24) is 5.32 Å². The number of nitrogens with one attached hydrogen (secondary N) is 1. The minimum atomic E-state index is -0.0826. The van der Waals surface area contributed by atoms with Gasteiger partial charge in [0.15, 0.2) is 6.61 Å². The summed E-state index contributed by atoms with van der Waals surface area (Å²) < 4.78 is 16.9. The molecule has 1 aliphatic heterocycles. The third kappa shape index (κ3) is 3.99. The van der Waals surface area contributed by atoms with E-state index in [1.165, 1.54) is 5.56 Å². The largest absolute Gasteiger partial charge is 0.484 e. The smallest absolute Gasteiger partial charge is 0.258 e. The van der Waals surface area contributed by atoms with Gasteiger partial charge in [0.25, 0.3) is 5.91 Å². The molecule has 1 N–H and O–H groups in total. The molecule has 3 unspecified atom stereocenters. The molecule has 1 aromatic rings. The van der Waals surface area contributed by atoms with E-state index >= 15 is 0 Å². The highest BCUT2D eigenvalue weighted by Crippen LogP contribution is 2.26. The predicted octanol–water partition coefficient (Wildman–Crippen LogP) is 1.83.